The van der Waals surface area contributed by atoms with Crippen molar-refractivity contribution in [1.29, 1.82) is 0 Å². The van der Waals surface area contributed by atoms with Crippen LogP contribution in [0, 0.1) is 20.2 Å². The third kappa shape index (κ3) is 6.05. The van der Waals surface area contributed by atoms with Gasteiger partial charge in [0.2, 0.25) is 0 Å². The van der Waals surface area contributed by atoms with Crippen molar-refractivity contribution in [2.75, 3.05) is 11.5 Å². The van der Waals surface area contributed by atoms with Crippen LogP contribution in [0.15, 0.2) is 36.4 Å². The average Bonchev–Trinajstić information content (AvgIpc) is 2.70. The lowest BCUT2D eigenvalue weighted by molar-refractivity contribution is -0.385. The van der Waals surface area contributed by atoms with Crippen LogP contribution in [0.5, 0.6) is 0 Å². The number of nitrogens with zero attached hydrogens (tertiary/aromatic N) is 2. The van der Waals surface area contributed by atoms with Gasteiger partial charge in [0, 0.05) is 23.3 Å². The van der Waals surface area contributed by atoms with Gasteiger partial charge in [-0.1, -0.05) is 12.1 Å². The van der Waals surface area contributed by atoms with Gasteiger partial charge in [0.05, 0.1) is 32.5 Å². The number of aromatic carboxylic acids is 2. The zero-order valence-corrected chi connectivity index (χ0v) is 16.6. The molecule has 0 heterocycles. The van der Waals surface area contributed by atoms with Crippen molar-refractivity contribution < 1.29 is 38.1 Å². The van der Waals surface area contributed by atoms with E-state index in [0.717, 1.165) is 24.3 Å². The van der Waals surface area contributed by atoms with Crippen molar-refractivity contribution in [1.82, 2.24) is 0 Å². The van der Waals surface area contributed by atoms with Crippen molar-refractivity contribution >= 4 is 33.2 Å². The summed E-state index contributed by atoms with van der Waals surface area (Å²) in [6, 6.07) is 6.30. The van der Waals surface area contributed by atoms with E-state index in [1.807, 2.05) is 0 Å². The molecule has 0 saturated carbocycles. The minimum Gasteiger partial charge on any atom is -0.478 e. The molecule has 0 spiro atoms. The molecule has 164 valence electrons. The molecule has 2 rings (SSSR count). The van der Waals surface area contributed by atoms with Crippen LogP contribution >= 0.6 is 0 Å². The first kappa shape index (κ1) is 23.4. The maximum Gasteiger partial charge on any atom is 0.335 e. The van der Waals surface area contributed by atoms with Crippen molar-refractivity contribution in [2.24, 2.45) is 0 Å². The van der Waals surface area contributed by atoms with Crippen LogP contribution < -0.4 is 0 Å². The number of hydrogen-bond donors (Lipinski definition) is 2. The van der Waals surface area contributed by atoms with E-state index < -0.39 is 54.5 Å². The number of nitro groups is 2. The Bertz CT molecular complexity index is 1090. The molecular weight excluding hydrogens is 436 g/mol. The normalized spacial score (nSPS) is 11.1. The lowest BCUT2D eigenvalue weighted by Gasteiger charge is -2.07. The SMILES string of the molecule is O=C(O)c1ccc(CCS(=O)(=O)CCc2ccc(C(=O)O)cc2[N+](=O)[O-])c([N+](=O)[O-])c1. The second kappa shape index (κ2) is 9.30. The Labute approximate surface area is 175 Å². The minimum absolute atomic E-state index is 0.0374. The Morgan fingerprint density at radius 1 is 0.774 bits per heavy atom. The smallest absolute Gasteiger partial charge is 0.335 e. The topological polar surface area (TPSA) is 195 Å². The number of rotatable bonds is 10. The van der Waals surface area contributed by atoms with Gasteiger partial charge >= 0.3 is 11.9 Å². The summed E-state index contributed by atoms with van der Waals surface area (Å²) in [7, 11) is -3.79. The third-order valence-corrected chi connectivity index (χ3v) is 6.07. The summed E-state index contributed by atoms with van der Waals surface area (Å²) < 4.78 is 24.7. The van der Waals surface area contributed by atoms with E-state index in [1.54, 1.807) is 0 Å². The van der Waals surface area contributed by atoms with E-state index in [4.69, 9.17) is 10.2 Å². The van der Waals surface area contributed by atoms with Crippen LogP contribution in [0.4, 0.5) is 11.4 Å². The molecule has 0 amide bonds. The van der Waals surface area contributed by atoms with Gasteiger partial charge in [0.1, 0.15) is 0 Å². The van der Waals surface area contributed by atoms with Crippen molar-refractivity contribution in [3.63, 3.8) is 0 Å². The first-order chi connectivity index (χ1) is 14.4. The summed E-state index contributed by atoms with van der Waals surface area (Å²) in [6.07, 6.45) is -0.503. The molecule has 0 aliphatic heterocycles. The van der Waals surface area contributed by atoms with Gasteiger partial charge in [-0.2, -0.15) is 0 Å². The van der Waals surface area contributed by atoms with E-state index in [1.165, 1.54) is 12.1 Å². The van der Waals surface area contributed by atoms with Crippen LogP contribution in [0.3, 0.4) is 0 Å². The highest BCUT2D eigenvalue weighted by Crippen LogP contribution is 2.23. The largest absolute Gasteiger partial charge is 0.478 e. The number of carbonyl (C=O) groups is 2. The van der Waals surface area contributed by atoms with Gasteiger partial charge < -0.3 is 10.2 Å². The number of nitro benzene ring substituents is 2. The van der Waals surface area contributed by atoms with E-state index in [-0.39, 0.29) is 35.1 Å². The predicted octanol–water partition coefficient (Wildman–Crippen LogP) is 2.10. The highest BCUT2D eigenvalue weighted by molar-refractivity contribution is 7.91. The fourth-order valence-corrected chi connectivity index (χ4v) is 4.06. The summed E-state index contributed by atoms with van der Waals surface area (Å²) in [4.78, 5) is 42.6. The quantitative estimate of drug-likeness (QED) is 0.398. The van der Waals surface area contributed by atoms with Crippen molar-refractivity contribution in [2.45, 2.75) is 12.8 Å². The fraction of sp³-hybridized carbons (Fsp3) is 0.222. The molecule has 0 atom stereocenters. The van der Waals surface area contributed by atoms with Crippen LogP contribution in [-0.4, -0.2) is 51.9 Å². The van der Waals surface area contributed by atoms with Crippen molar-refractivity contribution in [3.05, 3.63) is 78.9 Å². The van der Waals surface area contributed by atoms with Gasteiger partial charge in [0.15, 0.2) is 9.84 Å². The summed E-state index contributed by atoms with van der Waals surface area (Å²) >= 11 is 0. The molecule has 0 bridgehead atoms. The monoisotopic (exact) mass is 452 g/mol. The van der Waals surface area contributed by atoms with Crippen molar-refractivity contribution in [3.8, 4) is 0 Å². The van der Waals surface area contributed by atoms with Gasteiger partial charge in [-0.25, -0.2) is 18.0 Å². The molecule has 0 radical (unpaired) electrons. The number of hydrogen-bond acceptors (Lipinski definition) is 8. The molecule has 2 N–H and O–H groups in total. The van der Waals surface area contributed by atoms with Crippen LogP contribution in [-0.2, 0) is 22.7 Å². The molecule has 0 saturated heterocycles. The predicted molar refractivity (Wildman–Crippen MR) is 106 cm³/mol. The molecule has 31 heavy (non-hydrogen) atoms. The maximum atomic E-state index is 12.4. The van der Waals surface area contributed by atoms with Crippen LogP contribution in [0.1, 0.15) is 31.8 Å². The second-order valence-electron chi connectivity index (χ2n) is 6.46. The Hall–Kier alpha value is -3.87. The van der Waals surface area contributed by atoms with Gasteiger partial charge in [0.25, 0.3) is 11.4 Å². The lowest BCUT2D eigenvalue weighted by Crippen LogP contribution is -2.16. The number of sulfone groups is 1. The van der Waals surface area contributed by atoms with Crippen LogP contribution in [0.2, 0.25) is 0 Å². The van der Waals surface area contributed by atoms with E-state index >= 15 is 0 Å². The summed E-state index contributed by atoms with van der Waals surface area (Å²) in [5.41, 5.74) is -1.58. The Balaban J connectivity index is 2.15. The van der Waals surface area contributed by atoms with E-state index in [2.05, 4.69) is 0 Å². The summed E-state index contributed by atoms with van der Waals surface area (Å²) in [6.45, 7) is 0. The number of carboxylic acid groups (broad SMARTS) is 2. The van der Waals surface area contributed by atoms with Gasteiger partial charge in [-0.15, -0.1) is 0 Å². The van der Waals surface area contributed by atoms with E-state index in [0.29, 0.717) is 0 Å². The molecule has 0 fully saturated rings. The Kier molecular flexibility index (Phi) is 7.02. The standard InChI is InChI=1S/C18H16N2O10S/c21-17(22)13-3-1-11(15(9-13)19(25)26)5-7-31(29,30)8-6-12-2-4-14(18(23)24)10-16(12)20(27)28/h1-4,9-10H,5-8H2,(H,21,22)(H,23,24). The maximum absolute atomic E-state index is 12.4. The highest BCUT2D eigenvalue weighted by Gasteiger charge is 2.22. The first-order valence-electron chi connectivity index (χ1n) is 8.63. The zero-order chi connectivity index (χ0) is 23.3. The molecular formula is C18H16N2O10S. The molecule has 0 aliphatic rings. The zero-order valence-electron chi connectivity index (χ0n) is 15.8. The molecule has 13 heteroatoms. The number of carboxylic acids is 2. The molecule has 2 aromatic rings. The Morgan fingerprint density at radius 3 is 1.42 bits per heavy atom. The van der Waals surface area contributed by atoms with Crippen LogP contribution in [0.25, 0.3) is 0 Å². The first-order valence-corrected chi connectivity index (χ1v) is 10.4. The second-order valence-corrected chi connectivity index (χ2v) is 8.77. The average molecular weight is 452 g/mol. The molecule has 0 unspecified atom stereocenters. The summed E-state index contributed by atoms with van der Waals surface area (Å²) in [5, 5.41) is 40.2. The highest BCUT2D eigenvalue weighted by atomic mass is 32.2. The molecule has 12 nitrogen and oxygen atoms in total. The third-order valence-electron chi connectivity index (χ3n) is 4.42. The Morgan fingerprint density at radius 2 is 1.13 bits per heavy atom. The molecule has 0 aliphatic carbocycles. The molecule has 2 aromatic carbocycles. The lowest BCUT2D eigenvalue weighted by atomic mass is 10.1. The van der Waals surface area contributed by atoms with Gasteiger partial charge in [-0.3, -0.25) is 20.2 Å². The van der Waals surface area contributed by atoms with Gasteiger partial charge in [-0.05, 0) is 25.0 Å². The number of benzene rings is 2. The number of aryl methyl sites for hydroxylation is 2. The fourth-order valence-electron chi connectivity index (χ4n) is 2.79. The minimum atomic E-state index is -3.79. The summed E-state index contributed by atoms with van der Waals surface area (Å²) in [5.74, 6) is -3.72. The molecule has 0 aromatic heterocycles. The van der Waals surface area contributed by atoms with E-state index in [9.17, 15) is 38.2 Å².